The van der Waals surface area contributed by atoms with Gasteiger partial charge in [0, 0.05) is 18.5 Å². The molecule has 1 unspecified atom stereocenters. The van der Waals surface area contributed by atoms with Crippen molar-refractivity contribution in [2.45, 2.75) is 69.6 Å². The molecule has 38 heavy (non-hydrogen) atoms. The predicted molar refractivity (Wildman–Crippen MR) is 141 cm³/mol. The molecule has 7 heteroatoms. The summed E-state index contributed by atoms with van der Waals surface area (Å²) in [5, 5.41) is 20.1. The van der Waals surface area contributed by atoms with Crippen molar-refractivity contribution in [1.82, 2.24) is 4.90 Å². The molecule has 1 saturated carbocycles. The van der Waals surface area contributed by atoms with Crippen LogP contribution in [-0.2, 0) is 33.9 Å². The van der Waals surface area contributed by atoms with Crippen LogP contribution in [0.25, 0.3) is 0 Å². The first-order valence-corrected chi connectivity index (χ1v) is 13.2. The van der Waals surface area contributed by atoms with Crippen LogP contribution in [0.3, 0.4) is 0 Å². The molecular formula is C31H33NO6. The first-order chi connectivity index (χ1) is 18.5. The van der Waals surface area contributed by atoms with E-state index in [1.54, 1.807) is 0 Å². The van der Waals surface area contributed by atoms with Crippen LogP contribution in [0, 0.1) is 0 Å². The van der Waals surface area contributed by atoms with Crippen molar-refractivity contribution in [3.05, 3.63) is 101 Å². The van der Waals surface area contributed by atoms with Crippen molar-refractivity contribution in [2.75, 3.05) is 0 Å². The van der Waals surface area contributed by atoms with Crippen LogP contribution in [0.2, 0.25) is 0 Å². The standard InChI is InChI=1S/C31H33NO6/c33-24-14-16-25(17-15-24)38-29(22-10-5-2-6-11-22)30(34)32-19-23-12-7-13-28(26(23)18-27(32)31(35)36)37-20-21-8-3-1-4-9-21/h1-13,24-25,27,29,33H,14-20H2,(H,35,36)/t24?,25?,27?,29-/m0/s1. The maximum Gasteiger partial charge on any atom is 0.326 e. The molecule has 7 nitrogen and oxygen atoms in total. The fourth-order valence-electron chi connectivity index (χ4n) is 5.34. The number of carbonyl (C=O) groups excluding carboxylic acids is 1. The van der Waals surface area contributed by atoms with Gasteiger partial charge in [0.25, 0.3) is 5.91 Å². The van der Waals surface area contributed by atoms with Crippen molar-refractivity contribution in [2.24, 2.45) is 0 Å². The Kier molecular flexibility index (Phi) is 8.05. The summed E-state index contributed by atoms with van der Waals surface area (Å²) in [5.41, 5.74) is 3.40. The summed E-state index contributed by atoms with van der Waals surface area (Å²) in [5.74, 6) is -0.785. The summed E-state index contributed by atoms with van der Waals surface area (Å²) in [6, 6.07) is 23.6. The predicted octanol–water partition coefficient (Wildman–Crippen LogP) is 4.66. The van der Waals surface area contributed by atoms with Crippen molar-refractivity contribution in [3.8, 4) is 5.75 Å². The van der Waals surface area contributed by atoms with Gasteiger partial charge in [-0.1, -0.05) is 72.8 Å². The third kappa shape index (κ3) is 5.90. The number of nitrogens with zero attached hydrogens (tertiary/aromatic N) is 1. The van der Waals surface area contributed by atoms with Crippen molar-refractivity contribution in [3.63, 3.8) is 0 Å². The maximum absolute atomic E-state index is 14.0. The zero-order chi connectivity index (χ0) is 26.5. The monoisotopic (exact) mass is 515 g/mol. The fourth-order valence-corrected chi connectivity index (χ4v) is 5.34. The number of benzene rings is 3. The first-order valence-electron chi connectivity index (χ1n) is 13.2. The Morgan fingerprint density at radius 1 is 0.895 bits per heavy atom. The highest BCUT2D eigenvalue weighted by molar-refractivity contribution is 5.88. The molecule has 0 radical (unpaired) electrons. The molecule has 3 aromatic carbocycles. The lowest BCUT2D eigenvalue weighted by molar-refractivity contribution is -0.161. The van der Waals surface area contributed by atoms with Gasteiger partial charge in [0.2, 0.25) is 0 Å². The second kappa shape index (κ2) is 11.8. The molecule has 2 atom stereocenters. The SMILES string of the molecule is O=C(O)C1Cc2c(cccc2OCc2ccccc2)CN1C(=O)[C@@H](OC1CCC(O)CC1)c1ccccc1. The summed E-state index contributed by atoms with van der Waals surface area (Å²) < 4.78 is 12.4. The number of fused-ring (bicyclic) bond motifs is 1. The lowest BCUT2D eigenvalue weighted by Crippen LogP contribution is -2.51. The van der Waals surface area contributed by atoms with Crippen LogP contribution >= 0.6 is 0 Å². The van der Waals surface area contributed by atoms with E-state index in [9.17, 15) is 19.8 Å². The molecule has 2 N–H and O–H groups in total. The van der Waals surface area contributed by atoms with Gasteiger partial charge >= 0.3 is 5.97 Å². The van der Waals surface area contributed by atoms with Crippen LogP contribution in [0.5, 0.6) is 5.75 Å². The third-order valence-electron chi connectivity index (χ3n) is 7.45. The van der Waals surface area contributed by atoms with Gasteiger partial charge in [0.05, 0.1) is 12.2 Å². The fraction of sp³-hybridized carbons (Fsp3) is 0.355. The van der Waals surface area contributed by atoms with Crippen LogP contribution in [0.1, 0.15) is 54.0 Å². The molecule has 0 saturated heterocycles. The molecule has 3 aromatic rings. The number of rotatable bonds is 8. The highest BCUT2D eigenvalue weighted by atomic mass is 16.5. The van der Waals surface area contributed by atoms with Crippen LogP contribution in [0.15, 0.2) is 78.9 Å². The molecule has 0 bridgehead atoms. The molecule has 1 aliphatic carbocycles. The Hall–Kier alpha value is -3.68. The van der Waals surface area contributed by atoms with E-state index >= 15 is 0 Å². The molecule has 1 heterocycles. The van der Waals surface area contributed by atoms with Gasteiger partial charge in [-0.05, 0) is 48.4 Å². The number of hydrogen-bond donors (Lipinski definition) is 2. The van der Waals surface area contributed by atoms with Crippen molar-refractivity contribution < 1.29 is 29.3 Å². The van der Waals surface area contributed by atoms with E-state index in [0.29, 0.717) is 43.6 Å². The van der Waals surface area contributed by atoms with Gasteiger partial charge in [0.15, 0.2) is 6.10 Å². The first kappa shape index (κ1) is 25.9. The summed E-state index contributed by atoms with van der Waals surface area (Å²) >= 11 is 0. The van der Waals surface area contributed by atoms with Crippen molar-refractivity contribution >= 4 is 11.9 Å². The highest BCUT2D eigenvalue weighted by Gasteiger charge is 2.40. The normalized spacial score (nSPS) is 21.8. The molecule has 1 amide bonds. The van der Waals surface area contributed by atoms with E-state index in [0.717, 1.165) is 16.7 Å². The minimum atomic E-state index is -1.06. The number of hydrogen-bond acceptors (Lipinski definition) is 5. The Morgan fingerprint density at radius 2 is 1.58 bits per heavy atom. The van der Waals surface area contributed by atoms with Gasteiger partial charge in [-0.25, -0.2) is 4.79 Å². The Balaban J connectivity index is 1.40. The number of ether oxygens (including phenoxy) is 2. The molecule has 2 aliphatic rings. The van der Waals surface area contributed by atoms with Gasteiger partial charge in [-0.3, -0.25) is 4.79 Å². The third-order valence-corrected chi connectivity index (χ3v) is 7.45. The highest BCUT2D eigenvalue weighted by Crippen LogP contribution is 2.35. The molecule has 1 fully saturated rings. The maximum atomic E-state index is 14.0. The molecule has 198 valence electrons. The number of carbonyl (C=O) groups is 2. The number of amides is 1. The zero-order valence-corrected chi connectivity index (χ0v) is 21.2. The zero-order valence-electron chi connectivity index (χ0n) is 21.2. The summed E-state index contributed by atoms with van der Waals surface area (Å²) in [7, 11) is 0. The average molecular weight is 516 g/mol. The topological polar surface area (TPSA) is 96.3 Å². The Bertz CT molecular complexity index is 1240. The minimum absolute atomic E-state index is 0.151. The summed E-state index contributed by atoms with van der Waals surface area (Å²) in [6.45, 7) is 0.529. The number of carboxylic acids is 1. The molecule has 0 spiro atoms. The second-order valence-electron chi connectivity index (χ2n) is 10.0. The van der Waals surface area contributed by atoms with Gasteiger partial charge < -0.3 is 24.6 Å². The number of aliphatic hydroxyl groups is 1. The van der Waals surface area contributed by atoms with Crippen molar-refractivity contribution in [1.29, 1.82) is 0 Å². The van der Waals surface area contributed by atoms with E-state index in [1.165, 1.54) is 4.90 Å². The average Bonchev–Trinajstić information content (AvgIpc) is 2.95. The lowest BCUT2D eigenvalue weighted by atomic mass is 9.91. The second-order valence-corrected chi connectivity index (χ2v) is 10.0. The number of aliphatic carboxylic acids is 1. The Morgan fingerprint density at radius 3 is 2.26 bits per heavy atom. The van der Waals surface area contributed by atoms with E-state index in [4.69, 9.17) is 9.47 Å². The summed E-state index contributed by atoms with van der Waals surface area (Å²) in [6.07, 6.45) is 1.29. The summed E-state index contributed by atoms with van der Waals surface area (Å²) in [4.78, 5) is 27.9. The van der Waals surface area contributed by atoms with E-state index < -0.39 is 18.1 Å². The van der Waals surface area contributed by atoms with E-state index in [1.807, 2.05) is 78.9 Å². The van der Waals surface area contributed by atoms with E-state index in [-0.39, 0.29) is 31.1 Å². The quantitative estimate of drug-likeness (QED) is 0.453. The lowest BCUT2D eigenvalue weighted by Gasteiger charge is -2.38. The van der Waals surface area contributed by atoms with Crippen LogP contribution in [-0.4, -0.2) is 45.2 Å². The minimum Gasteiger partial charge on any atom is -0.489 e. The molecular weight excluding hydrogens is 482 g/mol. The molecule has 5 rings (SSSR count). The van der Waals surface area contributed by atoms with Crippen LogP contribution in [0.4, 0.5) is 0 Å². The Labute approximate surface area is 222 Å². The van der Waals surface area contributed by atoms with Gasteiger partial charge in [0.1, 0.15) is 18.4 Å². The number of aliphatic hydroxyl groups excluding tert-OH is 1. The van der Waals surface area contributed by atoms with Gasteiger partial charge in [-0.2, -0.15) is 0 Å². The molecule has 1 aliphatic heterocycles. The van der Waals surface area contributed by atoms with Crippen LogP contribution < -0.4 is 4.74 Å². The van der Waals surface area contributed by atoms with E-state index in [2.05, 4.69) is 0 Å². The number of carboxylic acid groups (broad SMARTS) is 1. The van der Waals surface area contributed by atoms with Gasteiger partial charge in [-0.15, -0.1) is 0 Å². The molecule has 0 aromatic heterocycles. The smallest absolute Gasteiger partial charge is 0.326 e. The largest absolute Gasteiger partial charge is 0.489 e.